The molecule has 0 aromatic heterocycles. The molecule has 124 valence electrons. The molecule has 1 amide bonds. The lowest BCUT2D eigenvalue weighted by molar-refractivity contribution is 0.0741. The van der Waals surface area contributed by atoms with Crippen LogP contribution in [0.1, 0.15) is 49.4 Å². The first kappa shape index (κ1) is 18.8. The lowest BCUT2D eigenvalue weighted by Crippen LogP contribution is -2.39. The third-order valence-corrected chi connectivity index (χ3v) is 4.03. The maximum atomic E-state index is 12.5. The fraction of sp³-hybridized carbons (Fsp3) is 0.588. The monoisotopic (exact) mass is 326 g/mol. The van der Waals surface area contributed by atoms with Crippen LogP contribution >= 0.6 is 12.4 Å². The summed E-state index contributed by atoms with van der Waals surface area (Å²) in [6.45, 7) is 4.27. The van der Waals surface area contributed by atoms with E-state index < -0.39 is 0 Å². The van der Waals surface area contributed by atoms with E-state index >= 15 is 0 Å². The van der Waals surface area contributed by atoms with Crippen molar-refractivity contribution in [2.24, 2.45) is 5.73 Å². The molecular weight excluding hydrogens is 300 g/mol. The summed E-state index contributed by atoms with van der Waals surface area (Å²) < 4.78 is 5.67. The van der Waals surface area contributed by atoms with Gasteiger partial charge in [0.25, 0.3) is 5.91 Å². The van der Waals surface area contributed by atoms with Gasteiger partial charge in [0.2, 0.25) is 0 Å². The molecule has 1 aromatic rings. The van der Waals surface area contributed by atoms with Gasteiger partial charge >= 0.3 is 0 Å². The van der Waals surface area contributed by atoms with Gasteiger partial charge in [-0.1, -0.05) is 19.8 Å². The average Bonchev–Trinajstić information content (AvgIpc) is 3.00. The fourth-order valence-corrected chi connectivity index (χ4v) is 2.75. The number of halogens is 1. The number of carbonyl (C=O) groups is 1. The predicted molar refractivity (Wildman–Crippen MR) is 91.8 cm³/mol. The highest BCUT2D eigenvalue weighted by Gasteiger charge is 2.28. The summed E-state index contributed by atoms with van der Waals surface area (Å²) in [5, 5.41) is 0. The molecule has 1 aliphatic rings. The summed E-state index contributed by atoms with van der Waals surface area (Å²) in [6.07, 6.45) is 5.51. The summed E-state index contributed by atoms with van der Waals surface area (Å²) in [4.78, 5) is 14.4. The lowest BCUT2D eigenvalue weighted by atomic mass is 10.1. The van der Waals surface area contributed by atoms with Crippen molar-refractivity contribution in [1.82, 2.24) is 4.90 Å². The Morgan fingerprint density at radius 2 is 2.05 bits per heavy atom. The van der Waals surface area contributed by atoms with Crippen LogP contribution in [-0.4, -0.2) is 36.5 Å². The molecule has 1 atom stereocenters. The number of unbranched alkanes of at least 4 members (excludes halogenated alkanes) is 2. The van der Waals surface area contributed by atoms with Crippen molar-refractivity contribution in [3.8, 4) is 5.75 Å². The van der Waals surface area contributed by atoms with Gasteiger partial charge in [0.05, 0.1) is 6.61 Å². The summed E-state index contributed by atoms with van der Waals surface area (Å²) >= 11 is 0. The molecular formula is C17H27ClN2O2. The molecule has 0 spiro atoms. The van der Waals surface area contributed by atoms with E-state index in [-0.39, 0.29) is 24.4 Å². The summed E-state index contributed by atoms with van der Waals surface area (Å²) in [7, 11) is 0. The summed E-state index contributed by atoms with van der Waals surface area (Å²) in [6, 6.07) is 7.66. The van der Waals surface area contributed by atoms with Crippen LogP contribution in [0.25, 0.3) is 0 Å². The molecule has 1 aromatic carbocycles. The van der Waals surface area contributed by atoms with Gasteiger partial charge in [-0.15, -0.1) is 12.4 Å². The molecule has 0 saturated carbocycles. The Kier molecular flexibility index (Phi) is 8.28. The SMILES string of the molecule is CCCCCOc1ccc(C(=O)N2CCCC2CN)cc1.Cl. The number of ether oxygens (including phenoxy) is 1. The molecule has 0 radical (unpaired) electrons. The van der Waals surface area contributed by atoms with Gasteiger partial charge in [-0.25, -0.2) is 0 Å². The maximum absolute atomic E-state index is 12.5. The Hall–Kier alpha value is -1.26. The van der Waals surface area contributed by atoms with E-state index in [1.165, 1.54) is 12.8 Å². The molecule has 2 rings (SSSR count). The number of likely N-dealkylation sites (tertiary alicyclic amines) is 1. The molecule has 1 aliphatic heterocycles. The minimum Gasteiger partial charge on any atom is -0.494 e. The van der Waals surface area contributed by atoms with Crippen molar-refractivity contribution in [1.29, 1.82) is 0 Å². The molecule has 0 bridgehead atoms. The number of nitrogens with zero attached hydrogens (tertiary/aromatic N) is 1. The number of hydrogen-bond acceptors (Lipinski definition) is 3. The Balaban J connectivity index is 0.00000242. The number of carbonyl (C=O) groups excluding carboxylic acids is 1. The Morgan fingerprint density at radius 1 is 1.32 bits per heavy atom. The van der Waals surface area contributed by atoms with Crippen molar-refractivity contribution in [2.75, 3.05) is 19.7 Å². The van der Waals surface area contributed by atoms with Crippen LogP contribution in [0.2, 0.25) is 0 Å². The molecule has 4 nitrogen and oxygen atoms in total. The van der Waals surface area contributed by atoms with E-state index in [4.69, 9.17) is 10.5 Å². The van der Waals surface area contributed by atoms with Crippen LogP contribution in [0.4, 0.5) is 0 Å². The average molecular weight is 327 g/mol. The zero-order valence-electron chi connectivity index (χ0n) is 13.3. The largest absolute Gasteiger partial charge is 0.494 e. The quantitative estimate of drug-likeness (QED) is 0.783. The third-order valence-electron chi connectivity index (χ3n) is 4.03. The highest BCUT2D eigenvalue weighted by atomic mass is 35.5. The highest BCUT2D eigenvalue weighted by Crippen LogP contribution is 2.21. The van der Waals surface area contributed by atoms with E-state index in [1.54, 1.807) is 0 Å². The normalized spacial score (nSPS) is 17.2. The van der Waals surface area contributed by atoms with E-state index in [0.717, 1.165) is 43.7 Å². The molecule has 1 fully saturated rings. The topological polar surface area (TPSA) is 55.6 Å². The maximum Gasteiger partial charge on any atom is 0.254 e. The first-order valence-electron chi connectivity index (χ1n) is 8.00. The molecule has 1 unspecified atom stereocenters. The van der Waals surface area contributed by atoms with E-state index in [0.29, 0.717) is 6.54 Å². The number of hydrogen-bond donors (Lipinski definition) is 1. The Morgan fingerprint density at radius 3 is 2.68 bits per heavy atom. The first-order chi connectivity index (χ1) is 10.3. The molecule has 22 heavy (non-hydrogen) atoms. The molecule has 1 heterocycles. The van der Waals surface area contributed by atoms with E-state index in [1.807, 2.05) is 29.2 Å². The fourth-order valence-electron chi connectivity index (χ4n) is 2.75. The summed E-state index contributed by atoms with van der Waals surface area (Å²) in [5.41, 5.74) is 6.45. The summed E-state index contributed by atoms with van der Waals surface area (Å²) in [5.74, 6) is 0.917. The minimum absolute atomic E-state index is 0. The van der Waals surface area contributed by atoms with Gasteiger partial charge < -0.3 is 15.4 Å². The van der Waals surface area contributed by atoms with Crippen LogP contribution in [0, 0.1) is 0 Å². The van der Waals surface area contributed by atoms with Crippen molar-refractivity contribution in [3.05, 3.63) is 29.8 Å². The van der Waals surface area contributed by atoms with Crippen LogP contribution in [0.15, 0.2) is 24.3 Å². The van der Waals surface area contributed by atoms with Crippen molar-refractivity contribution < 1.29 is 9.53 Å². The van der Waals surface area contributed by atoms with Crippen LogP contribution in [0.3, 0.4) is 0 Å². The highest BCUT2D eigenvalue weighted by molar-refractivity contribution is 5.94. The molecule has 1 saturated heterocycles. The lowest BCUT2D eigenvalue weighted by Gasteiger charge is -2.23. The van der Waals surface area contributed by atoms with Gasteiger partial charge in [-0.3, -0.25) is 4.79 Å². The predicted octanol–water partition coefficient (Wildman–Crippen LogP) is 3.24. The van der Waals surface area contributed by atoms with Gasteiger partial charge in [0.15, 0.2) is 0 Å². The van der Waals surface area contributed by atoms with E-state index in [2.05, 4.69) is 6.92 Å². The number of nitrogens with two attached hydrogens (primary N) is 1. The van der Waals surface area contributed by atoms with Crippen molar-refractivity contribution in [2.45, 2.75) is 45.1 Å². The van der Waals surface area contributed by atoms with Gasteiger partial charge in [0, 0.05) is 24.7 Å². The number of benzene rings is 1. The van der Waals surface area contributed by atoms with Crippen LogP contribution in [-0.2, 0) is 0 Å². The molecule has 0 aliphatic carbocycles. The third kappa shape index (κ3) is 4.89. The minimum atomic E-state index is 0. The Labute approximate surface area is 139 Å². The second kappa shape index (κ2) is 9.70. The smallest absolute Gasteiger partial charge is 0.254 e. The van der Waals surface area contributed by atoms with Crippen LogP contribution < -0.4 is 10.5 Å². The van der Waals surface area contributed by atoms with Crippen molar-refractivity contribution >= 4 is 18.3 Å². The number of rotatable bonds is 7. The van der Waals surface area contributed by atoms with Gasteiger partial charge in [0.1, 0.15) is 5.75 Å². The van der Waals surface area contributed by atoms with Gasteiger partial charge in [-0.2, -0.15) is 0 Å². The molecule has 5 heteroatoms. The van der Waals surface area contributed by atoms with Crippen LogP contribution in [0.5, 0.6) is 5.75 Å². The second-order valence-corrected chi connectivity index (χ2v) is 5.61. The zero-order valence-corrected chi connectivity index (χ0v) is 14.1. The number of amides is 1. The second-order valence-electron chi connectivity index (χ2n) is 5.61. The van der Waals surface area contributed by atoms with Gasteiger partial charge in [-0.05, 0) is 43.5 Å². The molecule has 2 N–H and O–H groups in total. The van der Waals surface area contributed by atoms with Crippen molar-refractivity contribution in [3.63, 3.8) is 0 Å². The van der Waals surface area contributed by atoms with E-state index in [9.17, 15) is 4.79 Å². The Bertz CT molecular complexity index is 450. The zero-order chi connectivity index (χ0) is 15.1. The standard InChI is InChI=1S/C17H26N2O2.ClH/c1-2-3-4-12-21-16-9-7-14(8-10-16)17(20)19-11-5-6-15(19)13-18;/h7-10,15H,2-6,11-13,18H2,1H3;1H. The first-order valence-corrected chi connectivity index (χ1v) is 8.00.